The highest BCUT2D eigenvalue weighted by Gasteiger charge is 2.38. The Labute approximate surface area is 102 Å². The maximum atomic E-state index is 12.8. The highest BCUT2D eigenvalue weighted by molar-refractivity contribution is 5.16. The molecule has 1 saturated heterocycles. The van der Waals surface area contributed by atoms with Gasteiger partial charge in [-0.1, -0.05) is 12.1 Å². The fraction of sp³-hybridized carbons (Fsp3) is 0.571. The molecule has 2 aliphatic rings. The molecule has 3 rings (SSSR count). The Hall–Kier alpha value is -0.930. The van der Waals surface area contributed by atoms with Crippen molar-refractivity contribution in [2.24, 2.45) is 11.8 Å². The molecule has 0 unspecified atom stereocenters. The Balaban J connectivity index is 1.59. The van der Waals surface area contributed by atoms with Crippen LogP contribution in [0.3, 0.4) is 0 Å². The van der Waals surface area contributed by atoms with E-state index in [1.807, 2.05) is 12.1 Å². The summed E-state index contributed by atoms with van der Waals surface area (Å²) in [5, 5.41) is 7.15. The van der Waals surface area contributed by atoms with Crippen LogP contribution in [0.4, 0.5) is 4.39 Å². The van der Waals surface area contributed by atoms with Gasteiger partial charge in [-0.15, -0.1) is 0 Å². The van der Waals surface area contributed by atoms with Crippen molar-refractivity contribution in [1.82, 2.24) is 10.6 Å². The summed E-state index contributed by atoms with van der Waals surface area (Å²) >= 11 is 0. The molecule has 1 aliphatic carbocycles. The zero-order valence-electron chi connectivity index (χ0n) is 9.95. The molecule has 0 spiro atoms. The van der Waals surface area contributed by atoms with Crippen LogP contribution >= 0.6 is 0 Å². The molecule has 1 saturated carbocycles. The fourth-order valence-corrected chi connectivity index (χ4v) is 3.26. The summed E-state index contributed by atoms with van der Waals surface area (Å²) in [6.07, 6.45) is 2.69. The Morgan fingerprint density at radius 2 is 1.76 bits per heavy atom. The summed E-state index contributed by atoms with van der Waals surface area (Å²) in [6, 6.07) is 7.46. The van der Waals surface area contributed by atoms with Crippen molar-refractivity contribution in [3.8, 4) is 0 Å². The van der Waals surface area contributed by atoms with E-state index in [2.05, 4.69) is 10.6 Å². The van der Waals surface area contributed by atoms with Gasteiger partial charge in [0, 0.05) is 12.6 Å². The molecule has 0 radical (unpaired) electrons. The van der Waals surface area contributed by atoms with Crippen LogP contribution in [0.15, 0.2) is 24.3 Å². The predicted octanol–water partition coefficient (Wildman–Crippen LogP) is 1.91. The number of rotatable bonds is 3. The van der Waals surface area contributed by atoms with Gasteiger partial charge in [0.25, 0.3) is 0 Å². The molecule has 2 bridgehead atoms. The highest BCUT2D eigenvalue weighted by Crippen LogP contribution is 2.33. The van der Waals surface area contributed by atoms with E-state index in [0.29, 0.717) is 6.04 Å². The molecule has 92 valence electrons. The molecular weight excluding hydrogens is 215 g/mol. The lowest BCUT2D eigenvalue weighted by Crippen LogP contribution is -2.48. The van der Waals surface area contributed by atoms with Gasteiger partial charge in [0.15, 0.2) is 0 Å². The van der Waals surface area contributed by atoms with Gasteiger partial charge in [-0.05, 0) is 55.5 Å². The van der Waals surface area contributed by atoms with Crippen LogP contribution in [0, 0.1) is 17.7 Å². The molecular formula is C14H19FN2. The Kier molecular flexibility index (Phi) is 3.12. The van der Waals surface area contributed by atoms with Gasteiger partial charge in [-0.25, -0.2) is 4.39 Å². The van der Waals surface area contributed by atoms with Crippen molar-refractivity contribution in [1.29, 1.82) is 0 Å². The van der Waals surface area contributed by atoms with Crippen molar-refractivity contribution in [3.63, 3.8) is 0 Å². The third kappa shape index (κ3) is 2.35. The first-order valence-electron chi connectivity index (χ1n) is 6.51. The standard InChI is InChI=1S/C14H19FN2/c15-13-5-1-10(2-6-13)7-17-14-11-3-4-12(14)9-16-8-11/h1-2,5-6,11-12,14,16-17H,3-4,7-9H2/t11-,12+,14+. The second-order valence-electron chi connectivity index (χ2n) is 5.29. The molecule has 17 heavy (non-hydrogen) atoms. The molecule has 1 aromatic carbocycles. The van der Waals surface area contributed by atoms with Gasteiger partial charge in [0.1, 0.15) is 5.82 Å². The van der Waals surface area contributed by atoms with Crippen LogP contribution in [0.5, 0.6) is 0 Å². The summed E-state index contributed by atoms with van der Waals surface area (Å²) in [5.74, 6) is 1.42. The molecule has 1 aromatic rings. The molecule has 3 atom stereocenters. The van der Waals surface area contributed by atoms with Gasteiger partial charge in [0.05, 0.1) is 0 Å². The molecule has 2 fully saturated rings. The van der Waals surface area contributed by atoms with E-state index in [4.69, 9.17) is 0 Å². The molecule has 1 heterocycles. The number of benzene rings is 1. The van der Waals surface area contributed by atoms with Crippen LogP contribution in [0.1, 0.15) is 18.4 Å². The lowest BCUT2D eigenvalue weighted by atomic mass is 9.93. The molecule has 0 aromatic heterocycles. The van der Waals surface area contributed by atoms with Crippen LogP contribution in [0.25, 0.3) is 0 Å². The topological polar surface area (TPSA) is 24.1 Å². The minimum atomic E-state index is -0.157. The normalized spacial score (nSPS) is 31.7. The van der Waals surface area contributed by atoms with Crippen LogP contribution in [-0.2, 0) is 6.54 Å². The molecule has 1 aliphatic heterocycles. The van der Waals surface area contributed by atoms with Gasteiger partial charge in [0.2, 0.25) is 0 Å². The van der Waals surface area contributed by atoms with Crippen LogP contribution in [0.2, 0.25) is 0 Å². The average Bonchev–Trinajstić information content (AvgIpc) is 2.58. The lowest BCUT2D eigenvalue weighted by Gasteiger charge is -2.31. The first kappa shape index (κ1) is 11.2. The van der Waals surface area contributed by atoms with Gasteiger partial charge >= 0.3 is 0 Å². The average molecular weight is 234 g/mol. The van der Waals surface area contributed by atoms with E-state index < -0.39 is 0 Å². The van der Waals surface area contributed by atoms with Crippen molar-refractivity contribution < 1.29 is 4.39 Å². The minimum absolute atomic E-state index is 0.157. The second-order valence-corrected chi connectivity index (χ2v) is 5.29. The van der Waals surface area contributed by atoms with E-state index in [9.17, 15) is 4.39 Å². The SMILES string of the molecule is Fc1ccc(CN[C@H]2[C@@H]3CC[C@H]2CNC3)cc1. The van der Waals surface area contributed by atoms with Crippen LogP contribution in [-0.4, -0.2) is 19.1 Å². The molecule has 3 heteroatoms. The summed E-state index contributed by atoms with van der Waals surface area (Å²) in [5.41, 5.74) is 1.17. The zero-order valence-corrected chi connectivity index (χ0v) is 9.95. The van der Waals surface area contributed by atoms with E-state index in [1.165, 1.54) is 30.5 Å². The zero-order chi connectivity index (χ0) is 11.7. The number of halogens is 1. The van der Waals surface area contributed by atoms with Crippen molar-refractivity contribution >= 4 is 0 Å². The number of hydrogen-bond donors (Lipinski definition) is 2. The Morgan fingerprint density at radius 1 is 1.12 bits per heavy atom. The second kappa shape index (κ2) is 4.75. The van der Waals surface area contributed by atoms with E-state index in [0.717, 1.165) is 31.5 Å². The number of nitrogens with one attached hydrogen (secondary N) is 2. The quantitative estimate of drug-likeness (QED) is 0.835. The number of piperidine rings is 1. The third-order valence-electron chi connectivity index (χ3n) is 4.19. The van der Waals surface area contributed by atoms with Gasteiger partial charge in [-0.2, -0.15) is 0 Å². The highest BCUT2D eigenvalue weighted by atomic mass is 19.1. The van der Waals surface area contributed by atoms with Gasteiger partial charge < -0.3 is 10.6 Å². The number of fused-ring (bicyclic) bond motifs is 2. The third-order valence-corrected chi connectivity index (χ3v) is 4.19. The van der Waals surface area contributed by atoms with Crippen molar-refractivity contribution in [3.05, 3.63) is 35.6 Å². The summed E-state index contributed by atoms with van der Waals surface area (Å²) < 4.78 is 12.8. The molecule has 0 amide bonds. The van der Waals surface area contributed by atoms with Crippen molar-refractivity contribution in [2.75, 3.05) is 13.1 Å². The Bertz CT molecular complexity index is 360. The Morgan fingerprint density at radius 3 is 2.41 bits per heavy atom. The summed E-state index contributed by atoms with van der Waals surface area (Å²) in [4.78, 5) is 0. The first-order chi connectivity index (χ1) is 8.33. The first-order valence-corrected chi connectivity index (χ1v) is 6.51. The summed E-state index contributed by atoms with van der Waals surface area (Å²) in [6.45, 7) is 3.16. The van der Waals surface area contributed by atoms with Crippen molar-refractivity contribution in [2.45, 2.75) is 25.4 Å². The van der Waals surface area contributed by atoms with E-state index >= 15 is 0 Å². The largest absolute Gasteiger partial charge is 0.316 e. The summed E-state index contributed by atoms with van der Waals surface area (Å²) in [7, 11) is 0. The molecule has 2 N–H and O–H groups in total. The van der Waals surface area contributed by atoms with E-state index in [1.54, 1.807) is 0 Å². The molecule has 2 nitrogen and oxygen atoms in total. The monoisotopic (exact) mass is 234 g/mol. The maximum absolute atomic E-state index is 12.8. The lowest BCUT2D eigenvalue weighted by molar-refractivity contribution is 0.271. The maximum Gasteiger partial charge on any atom is 0.123 e. The van der Waals surface area contributed by atoms with E-state index in [-0.39, 0.29) is 5.82 Å². The smallest absolute Gasteiger partial charge is 0.123 e. The fourth-order valence-electron chi connectivity index (χ4n) is 3.26. The number of hydrogen-bond acceptors (Lipinski definition) is 2. The predicted molar refractivity (Wildman–Crippen MR) is 66.1 cm³/mol. The minimum Gasteiger partial charge on any atom is -0.316 e. The van der Waals surface area contributed by atoms with Gasteiger partial charge in [-0.3, -0.25) is 0 Å². The van der Waals surface area contributed by atoms with Crippen LogP contribution < -0.4 is 10.6 Å².